The molecule has 1 atom stereocenters. The smallest absolute Gasteiger partial charge is 0.127 e. The van der Waals surface area contributed by atoms with Gasteiger partial charge in [-0.25, -0.2) is 0 Å². The van der Waals surface area contributed by atoms with Crippen molar-refractivity contribution < 1.29 is 4.74 Å². The van der Waals surface area contributed by atoms with Crippen molar-refractivity contribution in [2.24, 2.45) is 0 Å². The van der Waals surface area contributed by atoms with E-state index < -0.39 is 0 Å². The zero-order chi connectivity index (χ0) is 13.8. The van der Waals surface area contributed by atoms with Crippen LogP contribution in [-0.2, 0) is 6.54 Å². The second kappa shape index (κ2) is 5.92. The number of rotatable bonds is 5. The Hall–Kier alpha value is -2.07. The molecule has 0 amide bonds. The number of nitrogens with one attached hydrogen (secondary N) is 1. The molecule has 4 nitrogen and oxygen atoms in total. The molecule has 0 saturated carbocycles. The molecule has 0 unspecified atom stereocenters. The number of nitrogens with zero attached hydrogens (tertiary/aromatic N) is 2. The van der Waals surface area contributed by atoms with E-state index in [1.54, 1.807) is 6.20 Å². The van der Waals surface area contributed by atoms with Crippen LogP contribution in [0.2, 0.25) is 0 Å². The largest absolute Gasteiger partial charge is 0.489 e. The van der Waals surface area contributed by atoms with Gasteiger partial charge in [0.25, 0.3) is 0 Å². The molecule has 0 saturated heterocycles. The number of aromatic nitrogens is 2. The van der Waals surface area contributed by atoms with Crippen LogP contribution in [0.1, 0.15) is 12.5 Å². The minimum atomic E-state index is 0.368. The first-order valence-corrected chi connectivity index (χ1v) is 6.93. The minimum absolute atomic E-state index is 0.368. The van der Waals surface area contributed by atoms with Gasteiger partial charge in [-0.05, 0) is 30.7 Å². The van der Waals surface area contributed by atoms with Crippen molar-refractivity contribution in [3.05, 3.63) is 53.9 Å². The standard InChI is InChI=1S/C16H19N3O/c1-13(11-19-8-4-7-18-19)17-10-14-9-15-5-2-3-6-16(15)20-12-14/h2-9,13,17H,10-12H2,1H3/t13-/m0/s1. The van der Waals surface area contributed by atoms with Gasteiger partial charge in [-0.1, -0.05) is 18.2 Å². The lowest BCUT2D eigenvalue weighted by molar-refractivity contribution is 0.339. The summed E-state index contributed by atoms with van der Waals surface area (Å²) in [5.41, 5.74) is 2.44. The normalized spacial score (nSPS) is 15.2. The molecule has 2 aromatic rings. The molecule has 0 radical (unpaired) electrons. The summed E-state index contributed by atoms with van der Waals surface area (Å²) in [6.07, 6.45) is 6.00. The first-order valence-electron chi connectivity index (χ1n) is 6.93. The van der Waals surface area contributed by atoms with Crippen LogP contribution in [0, 0.1) is 0 Å². The van der Waals surface area contributed by atoms with Crippen molar-refractivity contribution in [1.29, 1.82) is 0 Å². The first kappa shape index (κ1) is 12.9. The number of ether oxygens (including phenoxy) is 1. The predicted octanol–water partition coefficient (Wildman–Crippen LogP) is 2.34. The molecule has 20 heavy (non-hydrogen) atoms. The van der Waals surface area contributed by atoms with E-state index in [0.717, 1.165) is 24.4 Å². The van der Waals surface area contributed by atoms with Crippen LogP contribution in [0.25, 0.3) is 6.08 Å². The molecular weight excluding hydrogens is 250 g/mol. The summed E-state index contributed by atoms with van der Waals surface area (Å²) in [5.74, 6) is 0.973. The average molecular weight is 269 g/mol. The van der Waals surface area contributed by atoms with Gasteiger partial charge in [0.15, 0.2) is 0 Å². The summed E-state index contributed by atoms with van der Waals surface area (Å²) in [6.45, 7) is 4.55. The second-order valence-corrected chi connectivity index (χ2v) is 5.14. The van der Waals surface area contributed by atoms with Crippen molar-refractivity contribution in [2.75, 3.05) is 13.2 Å². The van der Waals surface area contributed by atoms with Crippen LogP contribution in [0.15, 0.2) is 48.3 Å². The van der Waals surface area contributed by atoms with E-state index in [9.17, 15) is 0 Å². The maximum absolute atomic E-state index is 5.75. The molecule has 0 aliphatic carbocycles. The van der Waals surface area contributed by atoms with Gasteiger partial charge in [0.2, 0.25) is 0 Å². The van der Waals surface area contributed by atoms with Gasteiger partial charge in [-0.15, -0.1) is 0 Å². The highest BCUT2D eigenvalue weighted by atomic mass is 16.5. The van der Waals surface area contributed by atoms with Crippen molar-refractivity contribution in [1.82, 2.24) is 15.1 Å². The lowest BCUT2D eigenvalue weighted by Gasteiger charge is -2.20. The van der Waals surface area contributed by atoms with E-state index >= 15 is 0 Å². The monoisotopic (exact) mass is 269 g/mol. The van der Waals surface area contributed by atoms with Crippen molar-refractivity contribution >= 4 is 6.08 Å². The van der Waals surface area contributed by atoms with Gasteiger partial charge >= 0.3 is 0 Å². The summed E-state index contributed by atoms with van der Waals surface area (Å²) in [6, 6.07) is 10.4. The van der Waals surface area contributed by atoms with E-state index in [1.807, 2.05) is 35.1 Å². The predicted molar refractivity (Wildman–Crippen MR) is 79.6 cm³/mol. The molecule has 1 aliphatic heterocycles. The molecule has 0 fully saturated rings. The summed E-state index contributed by atoms with van der Waals surface area (Å²) in [7, 11) is 0. The highest BCUT2D eigenvalue weighted by Gasteiger charge is 2.11. The SMILES string of the molecule is C[C@@H](Cn1cccn1)NCC1=Cc2ccccc2OC1. The molecule has 4 heteroatoms. The molecule has 1 aliphatic rings. The molecule has 1 aromatic carbocycles. The molecule has 2 heterocycles. The van der Waals surface area contributed by atoms with Crippen LogP contribution < -0.4 is 10.1 Å². The maximum Gasteiger partial charge on any atom is 0.127 e. The van der Waals surface area contributed by atoms with Crippen LogP contribution in [0.5, 0.6) is 5.75 Å². The highest BCUT2D eigenvalue weighted by Crippen LogP contribution is 2.25. The maximum atomic E-state index is 5.75. The number of hydrogen-bond donors (Lipinski definition) is 1. The first-order chi connectivity index (χ1) is 9.81. The van der Waals surface area contributed by atoms with Crippen LogP contribution in [0.4, 0.5) is 0 Å². The second-order valence-electron chi connectivity index (χ2n) is 5.14. The average Bonchev–Trinajstić information content (AvgIpc) is 2.98. The number of benzene rings is 1. The Morgan fingerprint density at radius 3 is 3.10 bits per heavy atom. The fraction of sp³-hybridized carbons (Fsp3) is 0.312. The zero-order valence-corrected chi connectivity index (χ0v) is 11.6. The Labute approximate surface area is 119 Å². The van der Waals surface area contributed by atoms with Crippen LogP contribution in [-0.4, -0.2) is 29.0 Å². The fourth-order valence-electron chi connectivity index (χ4n) is 2.32. The van der Waals surface area contributed by atoms with E-state index in [0.29, 0.717) is 12.6 Å². The van der Waals surface area contributed by atoms with Crippen molar-refractivity contribution in [2.45, 2.75) is 19.5 Å². The zero-order valence-electron chi connectivity index (χ0n) is 11.6. The van der Waals surface area contributed by atoms with Gasteiger partial charge in [-0.2, -0.15) is 5.10 Å². The van der Waals surface area contributed by atoms with Gasteiger partial charge < -0.3 is 10.1 Å². The third-order valence-electron chi connectivity index (χ3n) is 3.39. The van der Waals surface area contributed by atoms with E-state index in [2.05, 4.69) is 29.5 Å². The Bertz CT molecular complexity index is 590. The summed E-state index contributed by atoms with van der Waals surface area (Å²) in [4.78, 5) is 0. The van der Waals surface area contributed by atoms with Crippen molar-refractivity contribution in [3.63, 3.8) is 0 Å². The number of para-hydroxylation sites is 1. The fourth-order valence-corrected chi connectivity index (χ4v) is 2.32. The van der Waals surface area contributed by atoms with E-state index in [1.165, 1.54) is 5.57 Å². The lowest BCUT2D eigenvalue weighted by atomic mass is 10.1. The van der Waals surface area contributed by atoms with E-state index in [-0.39, 0.29) is 0 Å². The molecule has 0 spiro atoms. The van der Waals surface area contributed by atoms with Gasteiger partial charge in [-0.3, -0.25) is 4.68 Å². The van der Waals surface area contributed by atoms with Gasteiger partial charge in [0.05, 0.1) is 6.54 Å². The van der Waals surface area contributed by atoms with E-state index in [4.69, 9.17) is 4.74 Å². The Morgan fingerprint density at radius 1 is 1.35 bits per heavy atom. The third kappa shape index (κ3) is 3.08. The van der Waals surface area contributed by atoms with Gasteiger partial charge in [0, 0.05) is 30.5 Å². The van der Waals surface area contributed by atoms with Crippen molar-refractivity contribution in [3.8, 4) is 5.75 Å². The Morgan fingerprint density at radius 2 is 2.25 bits per heavy atom. The van der Waals surface area contributed by atoms with Crippen LogP contribution >= 0.6 is 0 Å². The topological polar surface area (TPSA) is 39.1 Å². The quantitative estimate of drug-likeness (QED) is 0.905. The molecule has 0 bridgehead atoms. The molecule has 1 aromatic heterocycles. The highest BCUT2D eigenvalue weighted by molar-refractivity contribution is 5.62. The summed E-state index contributed by atoms with van der Waals surface area (Å²) < 4.78 is 7.69. The molecule has 104 valence electrons. The minimum Gasteiger partial charge on any atom is -0.489 e. The lowest BCUT2D eigenvalue weighted by Crippen LogP contribution is -2.33. The van der Waals surface area contributed by atoms with Gasteiger partial charge in [0.1, 0.15) is 12.4 Å². The number of hydrogen-bond acceptors (Lipinski definition) is 3. The molecular formula is C16H19N3O. The Kier molecular flexibility index (Phi) is 3.83. The number of fused-ring (bicyclic) bond motifs is 1. The molecule has 3 rings (SSSR count). The Balaban J connectivity index is 1.55. The summed E-state index contributed by atoms with van der Waals surface area (Å²) in [5, 5.41) is 7.73. The van der Waals surface area contributed by atoms with Crippen LogP contribution in [0.3, 0.4) is 0 Å². The molecule has 1 N–H and O–H groups in total. The summed E-state index contributed by atoms with van der Waals surface area (Å²) >= 11 is 0. The third-order valence-corrected chi connectivity index (χ3v) is 3.39.